The quantitative estimate of drug-likeness (QED) is 0.213. The van der Waals surface area contributed by atoms with E-state index in [9.17, 15) is 9.90 Å². The number of halogens is 1. The van der Waals surface area contributed by atoms with Gasteiger partial charge in [0.15, 0.2) is 23.4 Å². The van der Waals surface area contributed by atoms with Crippen LogP contribution in [0.2, 0.25) is 5.15 Å². The zero-order valence-corrected chi connectivity index (χ0v) is 19.3. The summed E-state index contributed by atoms with van der Waals surface area (Å²) in [6, 6.07) is 7.62. The number of nitrogens with two attached hydrogens (primary N) is 2. The minimum absolute atomic E-state index is 0.0260. The number of aryl methyl sites for hydroxylation is 1. The van der Waals surface area contributed by atoms with E-state index in [1.54, 1.807) is 0 Å². The van der Waals surface area contributed by atoms with Crippen LogP contribution in [0.5, 0.6) is 5.75 Å². The molecule has 2 rings (SSSR count). The Morgan fingerprint density at radius 1 is 1.16 bits per heavy atom. The van der Waals surface area contributed by atoms with Crippen molar-refractivity contribution in [3.8, 4) is 5.75 Å². The SMILES string of the molecule is COC(=O)COc1ccc(CCC[N+](C)(C)CCN=C([O-])c2nc(Cl)c(N)nc2N)cc1. The van der Waals surface area contributed by atoms with Gasteiger partial charge in [-0.1, -0.05) is 23.7 Å². The predicted molar refractivity (Wildman–Crippen MR) is 121 cm³/mol. The Bertz CT molecular complexity index is 950. The van der Waals surface area contributed by atoms with E-state index in [-0.39, 0.29) is 29.1 Å². The smallest absolute Gasteiger partial charge is 0.343 e. The maximum absolute atomic E-state index is 12.3. The van der Waals surface area contributed by atoms with Gasteiger partial charge in [0.1, 0.15) is 11.4 Å². The second-order valence-electron chi connectivity index (χ2n) is 7.82. The van der Waals surface area contributed by atoms with Gasteiger partial charge in [-0.3, -0.25) is 4.99 Å². The number of nitrogen functional groups attached to an aromatic ring is 2. The number of esters is 1. The number of hydrogen-bond donors (Lipinski definition) is 2. The summed E-state index contributed by atoms with van der Waals surface area (Å²) < 4.78 is 10.6. The molecule has 0 amide bonds. The Labute approximate surface area is 192 Å². The van der Waals surface area contributed by atoms with Crippen LogP contribution in [-0.2, 0) is 16.0 Å². The molecule has 0 aliphatic heterocycles. The number of methoxy groups -OCH3 is 1. The highest BCUT2D eigenvalue weighted by atomic mass is 35.5. The van der Waals surface area contributed by atoms with Crippen LogP contribution in [-0.4, -0.2) is 73.8 Å². The Hall–Kier alpha value is -3.11. The third-order valence-electron chi connectivity index (χ3n) is 4.80. The van der Waals surface area contributed by atoms with Crippen LogP contribution in [0, 0.1) is 0 Å². The number of nitrogens with zero attached hydrogens (tertiary/aromatic N) is 4. The molecule has 10 nitrogen and oxygen atoms in total. The van der Waals surface area contributed by atoms with Crippen LogP contribution < -0.4 is 21.3 Å². The first-order valence-corrected chi connectivity index (χ1v) is 10.4. The van der Waals surface area contributed by atoms with Gasteiger partial charge in [-0.25, -0.2) is 14.8 Å². The number of anilines is 2. The molecule has 0 saturated heterocycles. The van der Waals surface area contributed by atoms with Crippen molar-refractivity contribution in [2.75, 3.05) is 58.9 Å². The molecule has 0 radical (unpaired) electrons. The van der Waals surface area contributed by atoms with Crippen LogP contribution in [0.25, 0.3) is 0 Å². The number of benzene rings is 1. The summed E-state index contributed by atoms with van der Waals surface area (Å²) in [5, 5.41) is 12.2. The summed E-state index contributed by atoms with van der Waals surface area (Å²) >= 11 is 5.81. The summed E-state index contributed by atoms with van der Waals surface area (Å²) in [5.41, 5.74) is 12.3. The minimum atomic E-state index is -0.564. The zero-order chi connectivity index (χ0) is 23.7. The highest BCUT2D eigenvalue weighted by Gasteiger charge is 2.14. The number of carbonyl (C=O) groups excluding carboxylic acids is 1. The topological polar surface area (TPSA) is 149 Å². The average Bonchev–Trinajstić information content (AvgIpc) is 2.75. The largest absolute Gasteiger partial charge is 0.857 e. The summed E-state index contributed by atoms with van der Waals surface area (Å²) in [6.45, 7) is 1.78. The number of aliphatic imine (C=N–C) groups is 1. The van der Waals surface area contributed by atoms with Crippen LogP contribution in [0.4, 0.5) is 11.6 Å². The Morgan fingerprint density at radius 2 is 1.84 bits per heavy atom. The summed E-state index contributed by atoms with van der Waals surface area (Å²) in [7, 11) is 5.48. The molecule has 0 fully saturated rings. The van der Waals surface area contributed by atoms with E-state index >= 15 is 0 Å². The molecule has 1 aromatic carbocycles. The molecule has 32 heavy (non-hydrogen) atoms. The van der Waals surface area contributed by atoms with Crippen LogP contribution in [0.3, 0.4) is 0 Å². The molecular formula is C21H29ClN6O4. The Morgan fingerprint density at radius 3 is 2.50 bits per heavy atom. The number of rotatable bonds is 11. The fourth-order valence-electron chi connectivity index (χ4n) is 2.87. The van der Waals surface area contributed by atoms with Crippen LogP contribution >= 0.6 is 11.6 Å². The van der Waals surface area contributed by atoms with Crippen molar-refractivity contribution >= 4 is 35.1 Å². The second kappa shape index (κ2) is 11.5. The van der Waals surface area contributed by atoms with E-state index < -0.39 is 11.9 Å². The molecular weight excluding hydrogens is 436 g/mol. The lowest BCUT2D eigenvalue weighted by Gasteiger charge is -2.29. The molecule has 0 aliphatic carbocycles. The highest BCUT2D eigenvalue weighted by molar-refractivity contribution is 6.31. The van der Waals surface area contributed by atoms with Crippen molar-refractivity contribution in [1.29, 1.82) is 0 Å². The number of ether oxygens (including phenoxy) is 2. The van der Waals surface area contributed by atoms with Gasteiger partial charge in [-0.05, 0) is 24.1 Å². The van der Waals surface area contributed by atoms with Gasteiger partial charge in [0.05, 0.1) is 40.8 Å². The first-order chi connectivity index (χ1) is 15.1. The summed E-state index contributed by atoms with van der Waals surface area (Å²) in [4.78, 5) is 22.8. The molecule has 0 bridgehead atoms. The van der Waals surface area contributed by atoms with Crippen molar-refractivity contribution in [1.82, 2.24) is 9.97 Å². The van der Waals surface area contributed by atoms with E-state index in [1.807, 2.05) is 24.3 Å². The normalized spacial score (nSPS) is 11.9. The molecule has 1 aromatic heterocycles. The molecule has 11 heteroatoms. The number of aromatic nitrogens is 2. The lowest BCUT2D eigenvalue weighted by atomic mass is 10.1. The van der Waals surface area contributed by atoms with Gasteiger partial charge in [-0.15, -0.1) is 0 Å². The van der Waals surface area contributed by atoms with Crippen LogP contribution in [0.1, 0.15) is 17.7 Å². The maximum atomic E-state index is 12.3. The molecule has 0 spiro atoms. The monoisotopic (exact) mass is 464 g/mol. The van der Waals surface area contributed by atoms with Gasteiger partial charge in [-0.2, -0.15) is 0 Å². The van der Waals surface area contributed by atoms with E-state index in [0.717, 1.165) is 19.4 Å². The van der Waals surface area contributed by atoms with Crippen LogP contribution in [0.15, 0.2) is 29.3 Å². The van der Waals surface area contributed by atoms with E-state index in [1.165, 1.54) is 12.7 Å². The Balaban J connectivity index is 1.79. The van der Waals surface area contributed by atoms with Crippen molar-refractivity contribution in [2.24, 2.45) is 4.99 Å². The summed E-state index contributed by atoms with van der Waals surface area (Å²) in [6.07, 6.45) is 1.85. The number of likely N-dealkylation sites (N-methyl/N-ethyl adjacent to an activating group) is 1. The van der Waals surface area contributed by atoms with E-state index in [4.69, 9.17) is 27.8 Å². The van der Waals surface area contributed by atoms with Gasteiger partial charge >= 0.3 is 5.97 Å². The minimum Gasteiger partial charge on any atom is -0.857 e. The molecule has 1 heterocycles. The number of hydrogen-bond acceptors (Lipinski definition) is 9. The predicted octanol–water partition coefficient (Wildman–Crippen LogP) is 0.662. The van der Waals surface area contributed by atoms with Gasteiger partial charge in [0.2, 0.25) is 0 Å². The molecule has 2 aromatic rings. The molecule has 0 unspecified atom stereocenters. The average molecular weight is 465 g/mol. The molecule has 4 N–H and O–H groups in total. The fourth-order valence-corrected chi connectivity index (χ4v) is 3.00. The van der Waals surface area contributed by atoms with E-state index in [0.29, 0.717) is 23.3 Å². The maximum Gasteiger partial charge on any atom is 0.343 e. The lowest BCUT2D eigenvalue weighted by molar-refractivity contribution is -0.889. The summed E-state index contributed by atoms with van der Waals surface area (Å²) in [5.74, 6) is -0.477. The third kappa shape index (κ3) is 7.86. The molecule has 0 atom stereocenters. The van der Waals surface area contributed by atoms with E-state index in [2.05, 4.69) is 33.8 Å². The first-order valence-electron chi connectivity index (χ1n) is 10.0. The molecule has 0 aliphatic rings. The van der Waals surface area contributed by atoms with Gasteiger partial charge in [0.25, 0.3) is 0 Å². The standard InChI is InChI=1S/C21H29ClN6O4/c1-28(2,12-10-25-21(30)17-19(23)27-20(24)18(22)26-17)11-4-5-14-6-8-15(9-7-14)32-13-16(29)31-3/h6-9H,4-5,10-13H2,1-3H3,(H4-,23,24,25,27,30). The highest BCUT2D eigenvalue weighted by Crippen LogP contribution is 2.17. The van der Waals surface area contributed by atoms with Crippen molar-refractivity contribution in [3.63, 3.8) is 0 Å². The fraction of sp³-hybridized carbons (Fsp3) is 0.429. The van der Waals surface area contributed by atoms with Gasteiger partial charge in [0, 0.05) is 12.3 Å². The van der Waals surface area contributed by atoms with Crippen molar-refractivity contribution in [3.05, 3.63) is 40.7 Å². The molecule has 174 valence electrons. The zero-order valence-electron chi connectivity index (χ0n) is 18.5. The first kappa shape index (κ1) is 25.2. The lowest BCUT2D eigenvalue weighted by Crippen LogP contribution is -2.43. The Kier molecular flexibility index (Phi) is 9.03. The number of quaternary nitrogens is 1. The molecule has 0 saturated carbocycles. The van der Waals surface area contributed by atoms with Crippen molar-refractivity contribution in [2.45, 2.75) is 12.8 Å². The third-order valence-corrected chi connectivity index (χ3v) is 5.08. The second-order valence-corrected chi connectivity index (χ2v) is 8.17. The number of carbonyl (C=O) groups is 1. The van der Waals surface area contributed by atoms with Gasteiger partial charge < -0.3 is 30.5 Å². The van der Waals surface area contributed by atoms with Crippen molar-refractivity contribution < 1.29 is 23.9 Å².